The molecule has 0 atom stereocenters. The normalized spacial score (nSPS) is 13.3. The molecule has 1 aliphatic rings. The predicted molar refractivity (Wildman–Crippen MR) is 120 cm³/mol. The van der Waals surface area contributed by atoms with Crippen molar-refractivity contribution < 1.29 is 19.1 Å². The molecular weight excluding hydrogens is 408 g/mol. The van der Waals surface area contributed by atoms with Crippen LogP contribution >= 0.6 is 0 Å². The van der Waals surface area contributed by atoms with Gasteiger partial charge < -0.3 is 15.0 Å². The van der Waals surface area contributed by atoms with Crippen LogP contribution in [0.1, 0.15) is 34.6 Å². The van der Waals surface area contributed by atoms with Crippen molar-refractivity contribution in [3.05, 3.63) is 71.5 Å². The Hall–Kier alpha value is -3.94. The highest BCUT2D eigenvalue weighted by molar-refractivity contribution is 6.03. The Morgan fingerprint density at radius 1 is 1.06 bits per heavy atom. The number of benzene rings is 2. The van der Waals surface area contributed by atoms with Gasteiger partial charge in [-0.15, -0.1) is 0 Å². The molecule has 2 aromatic carbocycles. The summed E-state index contributed by atoms with van der Waals surface area (Å²) in [6.45, 7) is 3.68. The molecule has 2 heterocycles. The number of esters is 1. The Morgan fingerprint density at radius 2 is 1.78 bits per heavy atom. The number of ether oxygens (including phenoxy) is 1. The minimum atomic E-state index is -0.611. The molecule has 32 heavy (non-hydrogen) atoms. The van der Waals surface area contributed by atoms with Gasteiger partial charge in [0.2, 0.25) is 5.91 Å². The van der Waals surface area contributed by atoms with E-state index in [2.05, 4.69) is 10.4 Å². The van der Waals surface area contributed by atoms with Gasteiger partial charge in [-0.05, 0) is 44.5 Å². The van der Waals surface area contributed by atoms with E-state index in [4.69, 9.17) is 4.74 Å². The number of anilines is 2. The molecule has 0 spiro atoms. The van der Waals surface area contributed by atoms with E-state index < -0.39 is 18.5 Å². The number of rotatable bonds is 6. The molecule has 3 aromatic rings. The summed E-state index contributed by atoms with van der Waals surface area (Å²) in [6.07, 6.45) is 1.28. The summed E-state index contributed by atoms with van der Waals surface area (Å²) in [6, 6.07) is 16.6. The summed E-state index contributed by atoms with van der Waals surface area (Å²) in [4.78, 5) is 38.9. The summed E-state index contributed by atoms with van der Waals surface area (Å²) < 4.78 is 6.95. The average molecular weight is 432 g/mol. The van der Waals surface area contributed by atoms with Gasteiger partial charge in [0, 0.05) is 13.0 Å². The Kier molecular flexibility index (Phi) is 6.02. The third-order valence-electron chi connectivity index (χ3n) is 5.37. The van der Waals surface area contributed by atoms with Crippen LogP contribution in [-0.4, -0.2) is 40.7 Å². The Bertz CT molecular complexity index is 1170. The van der Waals surface area contributed by atoms with Gasteiger partial charge in [-0.1, -0.05) is 30.3 Å². The van der Waals surface area contributed by atoms with Gasteiger partial charge in [-0.25, -0.2) is 9.48 Å². The standard InChI is InChI=1S/C24H24N4O4/c1-16-23(17(2)28(26-16)18-9-4-3-5-10-18)24(31)32-15-21(29)25-19-11-6-7-12-20(19)27-14-8-13-22(27)30/h3-7,9-12H,8,13-15H2,1-2H3,(H,25,29). The number of aromatic nitrogens is 2. The fourth-order valence-electron chi connectivity index (χ4n) is 3.87. The molecule has 0 aliphatic carbocycles. The number of hydrogen-bond donors (Lipinski definition) is 1. The third kappa shape index (κ3) is 4.25. The van der Waals surface area contributed by atoms with Crippen LogP contribution in [0.25, 0.3) is 5.69 Å². The molecule has 1 N–H and O–H groups in total. The number of nitrogens with zero attached hydrogens (tertiary/aromatic N) is 3. The molecule has 1 fully saturated rings. The molecule has 1 saturated heterocycles. The van der Waals surface area contributed by atoms with Crippen LogP contribution in [0.15, 0.2) is 54.6 Å². The highest BCUT2D eigenvalue weighted by Crippen LogP contribution is 2.29. The van der Waals surface area contributed by atoms with Crippen LogP contribution in [0, 0.1) is 13.8 Å². The molecule has 0 radical (unpaired) electrons. The number of amides is 2. The maximum absolute atomic E-state index is 12.7. The molecule has 0 unspecified atom stereocenters. The minimum Gasteiger partial charge on any atom is -0.452 e. The van der Waals surface area contributed by atoms with Crippen LogP contribution in [0.3, 0.4) is 0 Å². The smallest absolute Gasteiger partial charge is 0.342 e. The fourth-order valence-corrected chi connectivity index (χ4v) is 3.87. The zero-order valence-corrected chi connectivity index (χ0v) is 18.0. The molecule has 1 aromatic heterocycles. The molecule has 0 bridgehead atoms. The first-order valence-electron chi connectivity index (χ1n) is 10.4. The second-order valence-electron chi connectivity index (χ2n) is 7.58. The number of nitrogens with one attached hydrogen (secondary N) is 1. The number of aryl methyl sites for hydroxylation is 1. The predicted octanol–water partition coefficient (Wildman–Crippen LogP) is 3.41. The summed E-state index contributed by atoms with van der Waals surface area (Å²) in [5, 5.41) is 7.18. The van der Waals surface area contributed by atoms with Crippen LogP contribution in [0.2, 0.25) is 0 Å². The second-order valence-corrected chi connectivity index (χ2v) is 7.58. The minimum absolute atomic E-state index is 0.0273. The lowest BCUT2D eigenvalue weighted by Gasteiger charge is -2.19. The molecule has 0 saturated carbocycles. The van der Waals surface area contributed by atoms with Crippen molar-refractivity contribution in [1.82, 2.24) is 9.78 Å². The van der Waals surface area contributed by atoms with Gasteiger partial charge >= 0.3 is 5.97 Å². The van der Waals surface area contributed by atoms with Crippen molar-refractivity contribution in [1.29, 1.82) is 0 Å². The Labute approximate surface area is 185 Å². The van der Waals surface area contributed by atoms with E-state index in [0.717, 1.165) is 12.1 Å². The number of hydrogen-bond acceptors (Lipinski definition) is 5. The van der Waals surface area contributed by atoms with Gasteiger partial charge in [-0.3, -0.25) is 9.59 Å². The Balaban J connectivity index is 1.43. The molecule has 1 aliphatic heterocycles. The fraction of sp³-hybridized carbons (Fsp3) is 0.250. The molecule has 8 nitrogen and oxygen atoms in total. The van der Waals surface area contributed by atoms with E-state index in [0.29, 0.717) is 41.3 Å². The zero-order chi connectivity index (χ0) is 22.7. The maximum atomic E-state index is 12.7. The van der Waals surface area contributed by atoms with Crippen molar-refractivity contribution in [2.45, 2.75) is 26.7 Å². The topological polar surface area (TPSA) is 93.5 Å². The number of para-hydroxylation sites is 3. The molecule has 164 valence electrons. The van der Waals surface area contributed by atoms with Crippen LogP contribution in [0.4, 0.5) is 11.4 Å². The first kappa shape index (κ1) is 21.3. The third-order valence-corrected chi connectivity index (χ3v) is 5.37. The van der Waals surface area contributed by atoms with Crippen molar-refractivity contribution in [3.63, 3.8) is 0 Å². The quantitative estimate of drug-likeness (QED) is 0.603. The van der Waals surface area contributed by atoms with E-state index in [9.17, 15) is 14.4 Å². The lowest BCUT2D eigenvalue weighted by Crippen LogP contribution is -2.27. The van der Waals surface area contributed by atoms with Crippen molar-refractivity contribution in [3.8, 4) is 5.69 Å². The van der Waals surface area contributed by atoms with E-state index in [1.54, 1.807) is 41.6 Å². The zero-order valence-electron chi connectivity index (χ0n) is 18.0. The summed E-state index contributed by atoms with van der Waals surface area (Å²) in [7, 11) is 0. The van der Waals surface area contributed by atoms with Crippen LogP contribution < -0.4 is 10.2 Å². The van der Waals surface area contributed by atoms with E-state index in [1.807, 2.05) is 36.4 Å². The highest BCUT2D eigenvalue weighted by Gasteiger charge is 2.25. The van der Waals surface area contributed by atoms with Crippen molar-refractivity contribution >= 4 is 29.2 Å². The highest BCUT2D eigenvalue weighted by atomic mass is 16.5. The van der Waals surface area contributed by atoms with Crippen molar-refractivity contribution in [2.24, 2.45) is 0 Å². The molecule has 4 rings (SSSR count). The monoisotopic (exact) mass is 432 g/mol. The Morgan fingerprint density at radius 3 is 2.50 bits per heavy atom. The lowest BCUT2D eigenvalue weighted by atomic mass is 10.2. The first-order valence-corrected chi connectivity index (χ1v) is 10.4. The summed E-state index contributed by atoms with van der Waals surface area (Å²) in [5.41, 5.74) is 3.48. The first-order chi connectivity index (χ1) is 15.5. The van der Waals surface area contributed by atoms with Gasteiger partial charge in [0.15, 0.2) is 6.61 Å². The van der Waals surface area contributed by atoms with E-state index >= 15 is 0 Å². The maximum Gasteiger partial charge on any atom is 0.342 e. The van der Waals surface area contributed by atoms with Crippen molar-refractivity contribution in [2.75, 3.05) is 23.4 Å². The lowest BCUT2D eigenvalue weighted by molar-refractivity contribution is -0.119. The van der Waals surface area contributed by atoms with E-state index in [-0.39, 0.29) is 5.91 Å². The van der Waals surface area contributed by atoms with Gasteiger partial charge in [0.1, 0.15) is 5.56 Å². The summed E-state index contributed by atoms with van der Waals surface area (Å²) in [5.74, 6) is -1.07. The molecular formula is C24H24N4O4. The SMILES string of the molecule is Cc1nn(-c2ccccc2)c(C)c1C(=O)OCC(=O)Nc1ccccc1N1CCCC1=O. The van der Waals surface area contributed by atoms with Gasteiger partial charge in [0.25, 0.3) is 5.91 Å². The summed E-state index contributed by atoms with van der Waals surface area (Å²) >= 11 is 0. The number of carbonyl (C=O) groups is 3. The average Bonchev–Trinajstić information content (AvgIpc) is 3.35. The molecule has 8 heteroatoms. The largest absolute Gasteiger partial charge is 0.452 e. The molecule has 2 amide bonds. The van der Waals surface area contributed by atoms with Crippen LogP contribution in [-0.2, 0) is 14.3 Å². The van der Waals surface area contributed by atoms with Crippen LogP contribution in [0.5, 0.6) is 0 Å². The van der Waals surface area contributed by atoms with Gasteiger partial charge in [-0.2, -0.15) is 5.10 Å². The second kappa shape index (κ2) is 9.05. The van der Waals surface area contributed by atoms with E-state index in [1.165, 1.54) is 0 Å². The number of carbonyl (C=O) groups excluding carboxylic acids is 3. The van der Waals surface area contributed by atoms with Gasteiger partial charge in [0.05, 0.1) is 28.5 Å².